The van der Waals surface area contributed by atoms with Gasteiger partial charge in [-0.05, 0) is 49.7 Å². The second-order valence-corrected chi connectivity index (χ2v) is 9.61. The van der Waals surface area contributed by atoms with Gasteiger partial charge < -0.3 is 14.2 Å². The molecule has 5 aliphatic rings. The lowest BCUT2D eigenvalue weighted by Crippen LogP contribution is -2.70. The Kier molecular flexibility index (Phi) is 5.31. The highest BCUT2D eigenvalue weighted by Gasteiger charge is 2.69. The summed E-state index contributed by atoms with van der Waals surface area (Å²) in [5.41, 5.74) is 2.58. The molecule has 3 N–H and O–H groups in total. The van der Waals surface area contributed by atoms with Gasteiger partial charge in [-0.1, -0.05) is 19.9 Å². The maximum atomic E-state index is 11.6. The molecule has 2 bridgehead atoms. The van der Waals surface area contributed by atoms with Gasteiger partial charge >= 0.3 is 0 Å². The molecule has 0 aromatic carbocycles. The van der Waals surface area contributed by atoms with Gasteiger partial charge in [0.25, 0.3) is 5.91 Å². The number of ether oxygens (including phenoxy) is 3. The lowest BCUT2D eigenvalue weighted by atomic mass is 9.58. The summed E-state index contributed by atoms with van der Waals surface area (Å²) in [5, 5.41) is 0. The SMILES string of the molecule is C[C@H]1C(OCc2ccc(C(=O)NN)nc2)O[C@@H]2O[C@]3(C)CC[C@H]4[C@H](C)CCC1[C@@]24OO3. The van der Waals surface area contributed by atoms with E-state index in [9.17, 15) is 4.79 Å². The highest BCUT2D eigenvalue weighted by molar-refractivity contribution is 5.91. The van der Waals surface area contributed by atoms with Crippen molar-refractivity contribution in [1.82, 2.24) is 10.4 Å². The topological polar surface area (TPSA) is 114 Å². The molecule has 1 amide bonds. The normalized spacial score (nSPS) is 43.7. The number of hydrazine groups is 1. The minimum atomic E-state index is -0.800. The molecule has 1 spiro atoms. The van der Waals surface area contributed by atoms with Crippen molar-refractivity contribution >= 4 is 5.91 Å². The van der Waals surface area contributed by atoms with Crippen LogP contribution in [0.4, 0.5) is 0 Å². The third-order valence-corrected chi connectivity index (χ3v) is 7.70. The standard InChI is InChI=1S/C22H31N3O6/c1-12-4-6-16-13(2)19(27-11-14-5-7-17(24-10-14)18(26)25-23)28-20-22(16)15(12)8-9-21(3,29-20)30-31-22/h5,7,10,12-13,15-16,19-20H,4,6,8-9,11,23H2,1-3H3,(H,25,26)/t12-,13-,15+,16?,19?,20-,21+,22-/m1/s1. The number of nitrogens with zero attached hydrogens (tertiary/aromatic N) is 1. The number of rotatable bonds is 4. The summed E-state index contributed by atoms with van der Waals surface area (Å²) >= 11 is 0. The van der Waals surface area contributed by atoms with E-state index in [2.05, 4.69) is 24.3 Å². The van der Waals surface area contributed by atoms with Crippen LogP contribution < -0.4 is 11.3 Å². The second-order valence-electron chi connectivity index (χ2n) is 9.61. The molecule has 8 atom stereocenters. The maximum Gasteiger partial charge on any atom is 0.283 e. The third-order valence-electron chi connectivity index (χ3n) is 7.70. The lowest BCUT2D eigenvalue weighted by Gasteiger charge is -2.60. The zero-order valence-corrected chi connectivity index (χ0v) is 18.2. The number of pyridine rings is 1. The van der Waals surface area contributed by atoms with Crippen LogP contribution in [0.5, 0.6) is 0 Å². The van der Waals surface area contributed by atoms with Gasteiger partial charge in [-0.2, -0.15) is 0 Å². The van der Waals surface area contributed by atoms with Gasteiger partial charge in [0, 0.05) is 24.5 Å². The number of nitrogens with one attached hydrogen (secondary N) is 1. The minimum absolute atomic E-state index is 0.108. The summed E-state index contributed by atoms with van der Waals surface area (Å²) in [4.78, 5) is 27.7. The zero-order chi connectivity index (χ0) is 21.8. The summed E-state index contributed by atoms with van der Waals surface area (Å²) in [6.45, 7) is 6.68. The molecule has 1 aliphatic carbocycles. The highest BCUT2D eigenvalue weighted by Crippen LogP contribution is 2.60. The smallest absolute Gasteiger partial charge is 0.283 e. The predicted molar refractivity (Wildman–Crippen MR) is 108 cm³/mol. The quantitative estimate of drug-likeness (QED) is 0.322. The van der Waals surface area contributed by atoms with E-state index in [0.717, 1.165) is 31.2 Å². The fraction of sp³-hybridized carbons (Fsp3) is 0.727. The molecular weight excluding hydrogens is 402 g/mol. The monoisotopic (exact) mass is 433 g/mol. The van der Waals surface area contributed by atoms with E-state index in [4.69, 9.17) is 29.8 Å². The fourth-order valence-electron chi connectivity index (χ4n) is 5.96. The number of fused-ring (bicyclic) bond motifs is 2. The van der Waals surface area contributed by atoms with E-state index in [1.54, 1.807) is 18.3 Å². The van der Waals surface area contributed by atoms with E-state index < -0.39 is 29.9 Å². The first-order chi connectivity index (χ1) is 14.9. The number of amides is 1. The first kappa shape index (κ1) is 21.2. The van der Waals surface area contributed by atoms with Crippen LogP contribution in [0.15, 0.2) is 18.3 Å². The number of hydrogen-bond donors (Lipinski definition) is 2. The molecule has 1 saturated carbocycles. The Hall–Kier alpha value is -1.62. The van der Waals surface area contributed by atoms with Gasteiger partial charge in [0.05, 0.1) is 6.61 Å². The fourth-order valence-corrected chi connectivity index (χ4v) is 5.96. The van der Waals surface area contributed by atoms with Crippen molar-refractivity contribution in [2.45, 2.75) is 77.0 Å². The molecule has 170 valence electrons. The van der Waals surface area contributed by atoms with E-state index in [1.165, 1.54) is 0 Å². The van der Waals surface area contributed by atoms with Gasteiger partial charge in [0.2, 0.25) is 5.79 Å². The van der Waals surface area contributed by atoms with Crippen molar-refractivity contribution in [3.8, 4) is 0 Å². The molecule has 5 fully saturated rings. The minimum Gasteiger partial charge on any atom is -0.348 e. The van der Waals surface area contributed by atoms with Crippen LogP contribution in [0, 0.1) is 23.7 Å². The molecule has 31 heavy (non-hydrogen) atoms. The van der Waals surface area contributed by atoms with E-state index in [-0.39, 0.29) is 17.5 Å². The molecular formula is C22H31N3O6. The Morgan fingerprint density at radius 1 is 1.26 bits per heavy atom. The predicted octanol–water partition coefficient (Wildman–Crippen LogP) is 2.41. The lowest BCUT2D eigenvalue weighted by molar-refractivity contribution is -0.577. The van der Waals surface area contributed by atoms with Crippen molar-refractivity contribution < 1.29 is 28.8 Å². The van der Waals surface area contributed by atoms with Crippen LogP contribution in [0.1, 0.15) is 62.5 Å². The Morgan fingerprint density at radius 3 is 2.84 bits per heavy atom. The highest BCUT2D eigenvalue weighted by atomic mass is 17.3. The van der Waals surface area contributed by atoms with E-state index in [1.807, 2.05) is 6.92 Å². The maximum absolute atomic E-state index is 11.6. The van der Waals surface area contributed by atoms with Crippen molar-refractivity contribution in [2.24, 2.45) is 29.5 Å². The molecule has 4 aliphatic heterocycles. The first-order valence-corrected chi connectivity index (χ1v) is 11.1. The summed E-state index contributed by atoms with van der Waals surface area (Å²) in [6, 6.07) is 3.42. The second kappa shape index (κ2) is 7.75. The Morgan fingerprint density at radius 2 is 2.10 bits per heavy atom. The molecule has 5 heterocycles. The Bertz CT molecular complexity index is 837. The van der Waals surface area contributed by atoms with Crippen molar-refractivity contribution in [1.29, 1.82) is 0 Å². The van der Waals surface area contributed by atoms with E-state index >= 15 is 0 Å². The van der Waals surface area contributed by atoms with Crippen LogP contribution in [0.25, 0.3) is 0 Å². The first-order valence-electron chi connectivity index (χ1n) is 11.1. The van der Waals surface area contributed by atoms with Crippen molar-refractivity contribution in [3.63, 3.8) is 0 Å². The zero-order valence-electron chi connectivity index (χ0n) is 18.2. The average Bonchev–Trinajstić information content (AvgIpc) is 3.01. The van der Waals surface area contributed by atoms with E-state index in [0.29, 0.717) is 18.4 Å². The summed E-state index contributed by atoms with van der Waals surface area (Å²) in [6.07, 6.45) is 4.60. The van der Waals surface area contributed by atoms with Gasteiger partial charge in [-0.15, -0.1) is 0 Å². The summed E-state index contributed by atoms with van der Waals surface area (Å²) in [5.74, 6) is 5.09. The largest absolute Gasteiger partial charge is 0.348 e. The summed E-state index contributed by atoms with van der Waals surface area (Å²) in [7, 11) is 0. The molecule has 0 radical (unpaired) electrons. The number of aromatic nitrogens is 1. The van der Waals surface area contributed by atoms with Crippen LogP contribution in [0.3, 0.4) is 0 Å². The van der Waals surface area contributed by atoms with Crippen LogP contribution in [0.2, 0.25) is 0 Å². The molecule has 1 aromatic heterocycles. The number of carbonyl (C=O) groups excluding carboxylic acids is 1. The molecule has 2 unspecified atom stereocenters. The Labute approximate surface area is 181 Å². The van der Waals surface area contributed by atoms with Gasteiger partial charge in [-0.3, -0.25) is 15.2 Å². The molecule has 6 rings (SSSR count). The van der Waals surface area contributed by atoms with Crippen LogP contribution in [-0.2, 0) is 30.6 Å². The van der Waals surface area contributed by atoms with Gasteiger partial charge in [0.1, 0.15) is 5.69 Å². The van der Waals surface area contributed by atoms with Gasteiger partial charge in [-0.25, -0.2) is 15.6 Å². The average molecular weight is 434 g/mol. The third kappa shape index (κ3) is 3.39. The van der Waals surface area contributed by atoms with Crippen molar-refractivity contribution in [3.05, 3.63) is 29.6 Å². The van der Waals surface area contributed by atoms with Gasteiger partial charge in [0.15, 0.2) is 18.2 Å². The molecule has 4 saturated heterocycles. The number of nitrogen functional groups attached to an aromatic ring is 1. The number of carbonyl (C=O) groups is 1. The number of hydrogen-bond acceptors (Lipinski definition) is 8. The summed E-state index contributed by atoms with van der Waals surface area (Å²) < 4.78 is 18.9. The number of nitrogens with two attached hydrogens (primary N) is 1. The molecule has 1 aromatic rings. The van der Waals surface area contributed by atoms with Crippen LogP contribution in [-0.4, -0.2) is 34.9 Å². The molecule has 9 heteroatoms. The van der Waals surface area contributed by atoms with Crippen LogP contribution >= 0.6 is 0 Å². The Balaban J connectivity index is 1.34. The van der Waals surface area contributed by atoms with Crippen molar-refractivity contribution in [2.75, 3.05) is 0 Å². The molecule has 9 nitrogen and oxygen atoms in total.